The third-order valence-corrected chi connectivity index (χ3v) is 4.41. The zero-order valence-electron chi connectivity index (χ0n) is 13.1. The highest BCUT2D eigenvalue weighted by Crippen LogP contribution is 2.30. The van der Waals surface area contributed by atoms with Crippen LogP contribution < -0.4 is 5.32 Å². The van der Waals surface area contributed by atoms with Crippen LogP contribution in [-0.2, 0) is 11.2 Å². The number of nitrogens with zero attached hydrogens (tertiary/aromatic N) is 2. The fourth-order valence-corrected chi connectivity index (χ4v) is 3.16. The molecule has 0 aliphatic heterocycles. The molecule has 0 saturated heterocycles. The topological polar surface area (TPSA) is 54.9 Å². The second kappa shape index (κ2) is 7.31. The van der Waals surface area contributed by atoms with E-state index in [-0.39, 0.29) is 11.7 Å². The zero-order chi connectivity index (χ0) is 16.9. The van der Waals surface area contributed by atoms with E-state index in [4.69, 9.17) is 0 Å². The van der Waals surface area contributed by atoms with Crippen molar-refractivity contribution in [1.29, 1.82) is 0 Å². The molecule has 1 amide bonds. The quantitative estimate of drug-likeness (QED) is 0.756. The molecule has 0 radical (unpaired) electrons. The van der Waals surface area contributed by atoms with Gasteiger partial charge in [-0.2, -0.15) is 0 Å². The summed E-state index contributed by atoms with van der Waals surface area (Å²) in [4.78, 5) is 21.5. The normalized spacial score (nSPS) is 10.6. The molecular weight excluding hydrogens is 325 g/mol. The van der Waals surface area contributed by atoms with Crippen LogP contribution in [0.3, 0.4) is 0 Å². The minimum Gasteiger partial charge on any atom is -0.302 e. The average Bonchev–Trinajstić information content (AvgIpc) is 2.95. The number of hydrogen-bond donors (Lipinski definition) is 1. The molecular formula is C18H16FN3OS. The Bertz CT molecular complexity index is 831. The van der Waals surface area contributed by atoms with Crippen molar-refractivity contribution in [3.05, 3.63) is 65.0 Å². The number of aryl methyl sites for hydroxylation is 2. The number of rotatable bonds is 5. The Hall–Kier alpha value is -2.60. The predicted molar refractivity (Wildman–Crippen MR) is 93.4 cm³/mol. The van der Waals surface area contributed by atoms with Gasteiger partial charge in [-0.1, -0.05) is 6.07 Å². The number of thiazole rings is 1. The molecule has 0 aliphatic rings. The molecule has 0 fully saturated rings. The number of benzene rings is 1. The number of anilines is 1. The van der Waals surface area contributed by atoms with E-state index < -0.39 is 0 Å². The monoisotopic (exact) mass is 341 g/mol. The molecule has 6 heteroatoms. The number of hydrogen-bond acceptors (Lipinski definition) is 4. The second-order valence-corrected chi connectivity index (χ2v) is 6.54. The summed E-state index contributed by atoms with van der Waals surface area (Å²) in [6.45, 7) is 1.93. The van der Waals surface area contributed by atoms with Crippen LogP contribution in [-0.4, -0.2) is 15.9 Å². The van der Waals surface area contributed by atoms with E-state index in [9.17, 15) is 9.18 Å². The summed E-state index contributed by atoms with van der Waals surface area (Å²) >= 11 is 1.41. The summed E-state index contributed by atoms with van der Waals surface area (Å²) in [6.07, 6.45) is 4.47. The fourth-order valence-electron chi connectivity index (χ4n) is 2.31. The van der Waals surface area contributed by atoms with E-state index in [0.29, 0.717) is 18.0 Å². The van der Waals surface area contributed by atoms with Gasteiger partial charge >= 0.3 is 0 Å². The Morgan fingerprint density at radius 2 is 2.04 bits per heavy atom. The molecule has 2 aromatic heterocycles. The van der Waals surface area contributed by atoms with Gasteiger partial charge in [-0.25, -0.2) is 9.37 Å². The van der Waals surface area contributed by atoms with E-state index in [1.165, 1.54) is 23.5 Å². The fraction of sp³-hybridized carbons (Fsp3) is 0.167. The lowest BCUT2D eigenvalue weighted by atomic mass is 10.1. The summed E-state index contributed by atoms with van der Waals surface area (Å²) in [6, 6.07) is 9.98. The third kappa shape index (κ3) is 4.02. The van der Waals surface area contributed by atoms with Crippen molar-refractivity contribution >= 4 is 22.4 Å². The van der Waals surface area contributed by atoms with Crippen molar-refractivity contribution in [2.45, 2.75) is 19.8 Å². The summed E-state index contributed by atoms with van der Waals surface area (Å²) in [5.41, 5.74) is 2.62. The Kier molecular flexibility index (Phi) is 4.96. The second-order valence-electron chi connectivity index (χ2n) is 5.34. The third-order valence-electron chi connectivity index (χ3n) is 3.52. The first-order valence-electron chi connectivity index (χ1n) is 7.54. The van der Waals surface area contributed by atoms with E-state index in [0.717, 1.165) is 21.7 Å². The van der Waals surface area contributed by atoms with Gasteiger partial charge in [0, 0.05) is 29.3 Å². The summed E-state index contributed by atoms with van der Waals surface area (Å²) in [7, 11) is 0. The highest BCUT2D eigenvalue weighted by Gasteiger charge is 2.12. The van der Waals surface area contributed by atoms with Crippen molar-refractivity contribution in [3.8, 4) is 11.3 Å². The standard InChI is InChI=1S/C18H16FN3OS/c1-12-17(14-5-7-15(19)8-6-14)22-18(24-12)21-16(23)9-4-13-3-2-10-20-11-13/h2-3,5-8,10-11H,4,9H2,1H3,(H,21,22,23). The van der Waals surface area contributed by atoms with Crippen LogP contribution >= 0.6 is 11.3 Å². The van der Waals surface area contributed by atoms with Crippen molar-refractivity contribution in [3.63, 3.8) is 0 Å². The maximum atomic E-state index is 13.0. The largest absolute Gasteiger partial charge is 0.302 e. The molecule has 1 N–H and O–H groups in total. The lowest BCUT2D eigenvalue weighted by Gasteiger charge is -2.02. The lowest BCUT2D eigenvalue weighted by Crippen LogP contribution is -2.12. The van der Waals surface area contributed by atoms with E-state index in [2.05, 4.69) is 15.3 Å². The highest BCUT2D eigenvalue weighted by atomic mass is 32.1. The van der Waals surface area contributed by atoms with E-state index >= 15 is 0 Å². The first-order valence-corrected chi connectivity index (χ1v) is 8.35. The predicted octanol–water partition coefficient (Wildman–Crippen LogP) is 4.22. The molecule has 0 spiro atoms. The Labute approximate surface area is 143 Å². The minimum atomic E-state index is -0.282. The highest BCUT2D eigenvalue weighted by molar-refractivity contribution is 7.16. The van der Waals surface area contributed by atoms with E-state index in [1.54, 1.807) is 24.5 Å². The summed E-state index contributed by atoms with van der Waals surface area (Å²) in [5, 5.41) is 3.39. The van der Waals surface area contributed by atoms with Gasteiger partial charge < -0.3 is 5.32 Å². The molecule has 122 valence electrons. The molecule has 0 aliphatic carbocycles. The van der Waals surface area contributed by atoms with Crippen LogP contribution in [0.4, 0.5) is 9.52 Å². The molecule has 3 aromatic rings. The molecule has 0 saturated carbocycles. The Morgan fingerprint density at radius 3 is 2.75 bits per heavy atom. The van der Waals surface area contributed by atoms with Crippen LogP contribution in [0.2, 0.25) is 0 Å². The van der Waals surface area contributed by atoms with Gasteiger partial charge in [-0.15, -0.1) is 11.3 Å². The van der Waals surface area contributed by atoms with Gasteiger partial charge in [-0.05, 0) is 49.2 Å². The molecule has 4 nitrogen and oxygen atoms in total. The van der Waals surface area contributed by atoms with Gasteiger partial charge in [0.1, 0.15) is 5.82 Å². The van der Waals surface area contributed by atoms with Gasteiger partial charge in [0.25, 0.3) is 0 Å². The van der Waals surface area contributed by atoms with Gasteiger partial charge in [0.05, 0.1) is 5.69 Å². The van der Waals surface area contributed by atoms with Crippen molar-refractivity contribution in [1.82, 2.24) is 9.97 Å². The number of aromatic nitrogens is 2. The maximum Gasteiger partial charge on any atom is 0.226 e. The number of carbonyl (C=O) groups is 1. The Morgan fingerprint density at radius 1 is 1.25 bits per heavy atom. The molecule has 1 aromatic carbocycles. The first-order chi connectivity index (χ1) is 11.6. The molecule has 24 heavy (non-hydrogen) atoms. The number of carbonyl (C=O) groups excluding carboxylic acids is 1. The molecule has 3 rings (SSSR count). The Balaban J connectivity index is 1.64. The van der Waals surface area contributed by atoms with Crippen LogP contribution in [0.5, 0.6) is 0 Å². The number of amides is 1. The zero-order valence-corrected chi connectivity index (χ0v) is 13.9. The van der Waals surface area contributed by atoms with Crippen molar-refractivity contribution in [2.24, 2.45) is 0 Å². The minimum absolute atomic E-state index is 0.0849. The number of pyridine rings is 1. The summed E-state index contributed by atoms with van der Waals surface area (Å²) < 4.78 is 13.0. The molecule has 0 bridgehead atoms. The maximum absolute atomic E-state index is 13.0. The van der Waals surface area contributed by atoms with Crippen molar-refractivity contribution in [2.75, 3.05) is 5.32 Å². The molecule has 2 heterocycles. The van der Waals surface area contributed by atoms with Crippen LogP contribution in [0.15, 0.2) is 48.8 Å². The number of halogens is 1. The van der Waals surface area contributed by atoms with Crippen molar-refractivity contribution < 1.29 is 9.18 Å². The molecule has 0 unspecified atom stereocenters. The SMILES string of the molecule is Cc1sc(NC(=O)CCc2cccnc2)nc1-c1ccc(F)cc1. The average molecular weight is 341 g/mol. The smallest absolute Gasteiger partial charge is 0.226 e. The van der Waals surface area contributed by atoms with E-state index in [1.807, 2.05) is 19.1 Å². The van der Waals surface area contributed by atoms with Gasteiger partial charge in [-0.3, -0.25) is 9.78 Å². The first kappa shape index (κ1) is 16.3. The van der Waals surface area contributed by atoms with Gasteiger partial charge in [0.2, 0.25) is 5.91 Å². The van der Waals surface area contributed by atoms with Crippen LogP contribution in [0.25, 0.3) is 11.3 Å². The number of nitrogens with one attached hydrogen (secondary N) is 1. The van der Waals surface area contributed by atoms with Gasteiger partial charge in [0.15, 0.2) is 5.13 Å². The lowest BCUT2D eigenvalue weighted by molar-refractivity contribution is -0.116. The molecule has 0 atom stereocenters. The van der Waals surface area contributed by atoms with Crippen LogP contribution in [0, 0.1) is 12.7 Å². The van der Waals surface area contributed by atoms with Crippen LogP contribution in [0.1, 0.15) is 16.9 Å². The summed E-state index contributed by atoms with van der Waals surface area (Å²) in [5.74, 6) is -0.367.